The maximum absolute atomic E-state index is 12.7. The lowest BCUT2D eigenvalue weighted by Gasteiger charge is -2.05. The van der Waals surface area contributed by atoms with E-state index in [1.807, 2.05) is 48.7 Å². The van der Waals surface area contributed by atoms with Gasteiger partial charge in [0.2, 0.25) is 0 Å². The molecule has 0 unspecified atom stereocenters. The van der Waals surface area contributed by atoms with Gasteiger partial charge in [0.1, 0.15) is 0 Å². The number of thiazole rings is 1. The van der Waals surface area contributed by atoms with Crippen LogP contribution in [0, 0.1) is 0 Å². The lowest BCUT2D eigenvalue weighted by Crippen LogP contribution is -2.12. The molecule has 0 bridgehead atoms. The number of benzene rings is 2. The predicted molar refractivity (Wildman–Crippen MR) is 112 cm³/mol. The Morgan fingerprint density at radius 3 is 2.79 bits per heavy atom. The number of rotatable bonds is 5. The number of nitrogens with one attached hydrogen (secondary N) is 1. The normalized spacial score (nSPS) is 10.8. The first-order chi connectivity index (χ1) is 13.6. The highest BCUT2D eigenvalue weighted by molar-refractivity contribution is 9.10. The molecule has 1 amide bonds. The van der Waals surface area contributed by atoms with Crippen LogP contribution >= 0.6 is 27.3 Å². The summed E-state index contributed by atoms with van der Waals surface area (Å²) in [6.45, 7) is 2.61. The Morgan fingerprint density at radius 1 is 1.18 bits per heavy atom. The maximum Gasteiger partial charge on any atom is 0.257 e. The lowest BCUT2D eigenvalue weighted by molar-refractivity contribution is 0.102. The van der Waals surface area contributed by atoms with Crippen molar-refractivity contribution in [1.82, 2.24) is 25.2 Å². The number of hydrogen-bond donors (Lipinski definition) is 1. The second-order valence-electron chi connectivity index (χ2n) is 5.90. The first-order valence-electron chi connectivity index (χ1n) is 8.53. The van der Waals surface area contributed by atoms with E-state index in [1.165, 1.54) is 11.3 Å². The van der Waals surface area contributed by atoms with Gasteiger partial charge < -0.3 is 0 Å². The average molecular weight is 455 g/mol. The van der Waals surface area contributed by atoms with Gasteiger partial charge in [0.05, 0.1) is 5.69 Å². The molecular formula is C19H15BrN6OS. The molecule has 0 atom stereocenters. The molecule has 0 radical (unpaired) electrons. The fourth-order valence-corrected chi connectivity index (χ4v) is 3.66. The predicted octanol–water partition coefficient (Wildman–Crippen LogP) is 4.50. The van der Waals surface area contributed by atoms with Gasteiger partial charge in [0, 0.05) is 33.1 Å². The van der Waals surface area contributed by atoms with Crippen molar-refractivity contribution in [3.8, 4) is 22.6 Å². The number of carbonyl (C=O) groups excluding carboxylic acids is 1. The summed E-state index contributed by atoms with van der Waals surface area (Å²) in [7, 11) is 0. The first-order valence-corrected chi connectivity index (χ1v) is 10.2. The molecule has 1 N–H and O–H groups in total. The average Bonchev–Trinajstić information content (AvgIpc) is 3.38. The smallest absolute Gasteiger partial charge is 0.257 e. The third-order valence-corrected chi connectivity index (χ3v) is 5.37. The second kappa shape index (κ2) is 7.99. The van der Waals surface area contributed by atoms with E-state index in [1.54, 1.807) is 16.8 Å². The summed E-state index contributed by atoms with van der Waals surface area (Å²) in [5.74, 6) is 0.401. The molecule has 7 nitrogen and oxygen atoms in total. The van der Waals surface area contributed by atoms with E-state index < -0.39 is 0 Å². The molecule has 28 heavy (non-hydrogen) atoms. The Labute approximate surface area is 173 Å². The monoisotopic (exact) mass is 454 g/mol. The number of hydrogen-bond acceptors (Lipinski definition) is 6. The van der Waals surface area contributed by atoms with Gasteiger partial charge >= 0.3 is 0 Å². The van der Waals surface area contributed by atoms with Gasteiger partial charge in [0.25, 0.3) is 5.91 Å². The van der Waals surface area contributed by atoms with Crippen LogP contribution in [0.4, 0.5) is 5.13 Å². The van der Waals surface area contributed by atoms with E-state index in [-0.39, 0.29) is 5.91 Å². The second-order valence-corrected chi connectivity index (χ2v) is 7.67. The van der Waals surface area contributed by atoms with Crippen LogP contribution in [0.2, 0.25) is 0 Å². The number of nitrogens with zero attached hydrogens (tertiary/aromatic N) is 5. The fraction of sp³-hybridized carbons (Fsp3) is 0.105. The van der Waals surface area contributed by atoms with Gasteiger partial charge in [-0.2, -0.15) is 0 Å². The van der Waals surface area contributed by atoms with E-state index in [2.05, 4.69) is 41.8 Å². The summed E-state index contributed by atoms with van der Waals surface area (Å²) in [4.78, 5) is 17.2. The maximum atomic E-state index is 12.7. The molecule has 0 saturated heterocycles. The van der Waals surface area contributed by atoms with E-state index in [9.17, 15) is 4.79 Å². The Hall–Kier alpha value is -2.91. The molecule has 140 valence electrons. The highest BCUT2D eigenvalue weighted by Gasteiger charge is 2.13. The number of anilines is 1. The van der Waals surface area contributed by atoms with Gasteiger partial charge in [-0.3, -0.25) is 10.1 Å². The van der Waals surface area contributed by atoms with Gasteiger partial charge in [0.15, 0.2) is 11.0 Å². The zero-order valence-corrected chi connectivity index (χ0v) is 17.2. The van der Waals surface area contributed by atoms with Gasteiger partial charge in [-0.25, -0.2) is 9.67 Å². The topological polar surface area (TPSA) is 85.6 Å². The molecule has 4 aromatic rings. The molecule has 0 aliphatic heterocycles. The molecule has 0 fully saturated rings. The van der Waals surface area contributed by atoms with Crippen molar-refractivity contribution in [2.24, 2.45) is 0 Å². The molecule has 0 aliphatic rings. The Bertz CT molecular complexity index is 1120. The third kappa shape index (κ3) is 3.85. The molecule has 0 aliphatic carbocycles. The summed E-state index contributed by atoms with van der Waals surface area (Å²) < 4.78 is 2.69. The van der Waals surface area contributed by atoms with Gasteiger partial charge in [-0.05, 0) is 41.6 Å². The van der Waals surface area contributed by atoms with Crippen molar-refractivity contribution < 1.29 is 4.79 Å². The number of aryl methyl sites for hydroxylation is 1. The minimum Gasteiger partial charge on any atom is -0.298 e. The standard InChI is InChI=1S/C19H15BrN6OS/c1-2-26-17(23-24-25-26)13-4-3-5-14(10-13)18(27)22-19-21-16(11-28-19)12-6-8-15(20)9-7-12/h3-11H,2H2,1H3,(H,21,22,27). The van der Waals surface area contributed by atoms with Crippen LogP contribution in [0.1, 0.15) is 17.3 Å². The van der Waals surface area contributed by atoms with E-state index in [4.69, 9.17) is 0 Å². The minimum absolute atomic E-state index is 0.228. The van der Waals surface area contributed by atoms with Crippen LogP contribution in [-0.2, 0) is 6.54 Å². The number of carbonyl (C=O) groups is 1. The molecule has 4 rings (SSSR count). The number of aromatic nitrogens is 5. The molecule has 2 aromatic carbocycles. The summed E-state index contributed by atoms with van der Waals surface area (Å²) >= 11 is 4.81. The number of tetrazole rings is 1. The minimum atomic E-state index is -0.228. The van der Waals surface area contributed by atoms with Gasteiger partial charge in [-0.15, -0.1) is 16.4 Å². The zero-order chi connectivity index (χ0) is 19.5. The van der Waals surface area contributed by atoms with Crippen molar-refractivity contribution in [2.75, 3.05) is 5.32 Å². The van der Waals surface area contributed by atoms with Crippen molar-refractivity contribution >= 4 is 38.3 Å². The highest BCUT2D eigenvalue weighted by Crippen LogP contribution is 2.26. The molecule has 0 saturated carbocycles. The first kappa shape index (κ1) is 18.5. The summed E-state index contributed by atoms with van der Waals surface area (Å²) in [6.07, 6.45) is 0. The molecule has 9 heteroatoms. The zero-order valence-electron chi connectivity index (χ0n) is 14.8. The van der Waals surface area contributed by atoms with Crippen LogP contribution in [-0.4, -0.2) is 31.1 Å². The summed E-state index contributed by atoms with van der Waals surface area (Å²) in [6, 6.07) is 15.1. The quantitative estimate of drug-likeness (QED) is 0.479. The van der Waals surface area contributed by atoms with Crippen molar-refractivity contribution in [3.63, 3.8) is 0 Å². The van der Waals surface area contributed by atoms with Crippen LogP contribution in [0.3, 0.4) is 0 Å². The molecule has 2 heterocycles. The van der Waals surface area contributed by atoms with Crippen LogP contribution in [0.5, 0.6) is 0 Å². The van der Waals surface area contributed by atoms with Crippen LogP contribution in [0.15, 0.2) is 58.4 Å². The Kier molecular flexibility index (Phi) is 5.27. The van der Waals surface area contributed by atoms with E-state index in [0.29, 0.717) is 23.1 Å². The Morgan fingerprint density at radius 2 is 2.00 bits per heavy atom. The third-order valence-electron chi connectivity index (χ3n) is 4.08. The SMILES string of the molecule is CCn1nnnc1-c1cccc(C(=O)Nc2nc(-c3ccc(Br)cc3)cs2)c1. The van der Waals surface area contributed by atoms with Crippen LogP contribution in [0.25, 0.3) is 22.6 Å². The largest absolute Gasteiger partial charge is 0.298 e. The van der Waals surface area contributed by atoms with Crippen molar-refractivity contribution in [1.29, 1.82) is 0 Å². The number of amides is 1. The van der Waals surface area contributed by atoms with Crippen molar-refractivity contribution in [2.45, 2.75) is 13.5 Å². The van der Waals surface area contributed by atoms with Gasteiger partial charge in [-0.1, -0.05) is 40.2 Å². The van der Waals surface area contributed by atoms with E-state index in [0.717, 1.165) is 21.3 Å². The Balaban J connectivity index is 1.53. The lowest BCUT2D eigenvalue weighted by atomic mass is 10.1. The molecule has 0 spiro atoms. The van der Waals surface area contributed by atoms with E-state index >= 15 is 0 Å². The number of halogens is 1. The van der Waals surface area contributed by atoms with Crippen molar-refractivity contribution in [3.05, 3.63) is 63.9 Å². The molecule has 2 aromatic heterocycles. The summed E-state index contributed by atoms with van der Waals surface area (Å²) in [5.41, 5.74) is 3.12. The fourth-order valence-electron chi connectivity index (χ4n) is 2.68. The summed E-state index contributed by atoms with van der Waals surface area (Å²) in [5, 5.41) is 17.0. The highest BCUT2D eigenvalue weighted by atomic mass is 79.9. The molecular weight excluding hydrogens is 440 g/mol. The van der Waals surface area contributed by atoms with Crippen LogP contribution < -0.4 is 5.32 Å².